The van der Waals surface area contributed by atoms with Crippen molar-refractivity contribution in [3.8, 4) is 0 Å². The van der Waals surface area contributed by atoms with Crippen molar-refractivity contribution in [2.75, 3.05) is 13.8 Å². The molecule has 1 aliphatic carbocycles. The zero-order valence-corrected chi connectivity index (χ0v) is 15.8. The average Bonchev–Trinajstić information content (AvgIpc) is 2.89. The molecule has 0 N–H and O–H groups in total. The van der Waals surface area contributed by atoms with Gasteiger partial charge in [-0.3, -0.25) is 0 Å². The summed E-state index contributed by atoms with van der Waals surface area (Å²) in [5.41, 5.74) is 8.83. The summed E-state index contributed by atoms with van der Waals surface area (Å²) in [6, 6.07) is 17.8. The number of hydrogen-bond donors (Lipinski definition) is 0. The van der Waals surface area contributed by atoms with E-state index in [1.165, 1.54) is 55.9 Å². The third-order valence-electron chi connectivity index (χ3n) is 4.91. The zero-order chi connectivity index (χ0) is 15.6. The third kappa shape index (κ3) is 3.03. The molecule has 1 heterocycles. The van der Waals surface area contributed by atoms with Gasteiger partial charge in [-0.15, -0.1) is 0 Å². The summed E-state index contributed by atoms with van der Waals surface area (Å²) in [6.07, 6.45) is 8.59. The zero-order valence-electron chi connectivity index (χ0n) is 13.7. The van der Waals surface area contributed by atoms with E-state index in [1.807, 2.05) is 0 Å². The SMILES string of the molecule is CI1CCCC(=C2c3ccccc3C=Cc3ccccc32)CC1. The van der Waals surface area contributed by atoms with Crippen LogP contribution in [0.4, 0.5) is 0 Å². The van der Waals surface area contributed by atoms with E-state index in [2.05, 4.69) is 65.6 Å². The molecule has 0 atom stereocenters. The number of rotatable bonds is 0. The van der Waals surface area contributed by atoms with Crippen LogP contribution in [0.15, 0.2) is 54.1 Å². The van der Waals surface area contributed by atoms with Gasteiger partial charge in [0.1, 0.15) is 0 Å². The van der Waals surface area contributed by atoms with E-state index >= 15 is 0 Å². The van der Waals surface area contributed by atoms with Gasteiger partial charge in [0.2, 0.25) is 0 Å². The number of fused-ring (bicyclic) bond motifs is 2. The second-order valence-corrected chi connectivity index (χ2v) is 12.7. The summed E-state index contributed by atoms with van der Waals surface area (Å²) in [4.78, 5) is 2.56. The summed E-state index contributed by atoms with van der Waals surface area (Å²) < 4.78 is 3.02. The number of allylic oxidation sites excluding steroid dienone is 1. The fraction of sp³-hybridized carbons (Fsp3) is 0.273. The molecule has 0 unspecified atom stereocenters. The molecule has 1 fully saturated rings. The van der Waals surface area contributed by atoms with E-state index in [9.17, 15) is 0 Å². The van der Waals surface area contributed by atoms with Gasteiger partial charge in [-0.25, -0.2) is 0 Å². The maximum absolute atomic E-state index is 2.56. The summed E-state index contributed by atoms with van der Waals surface area (Å²) in [5, 5.41) is 0. The summed E-state index contributed by atoms with van der Waals surface area (Å²) >= 11 is -0.636. The van der Waals surface area contributed by atoms with Crippen LogP contribution in [0, 0.1) is 0 Å². The predicted octanol–water partition coefficient (Wildman–Crippen LogP) is 6.29. The van der Waals surface area contributed by atoms with Crippen molar-refractivity contribution in [3.63, 3.8) is 0 Å². The van der Waals surface area contributed by atoms with Crippen molar-refractivity contribution in [1.82, 2.24) is 0 Å². The van der Waals surface area contributed by atoms with Crippen molar-refractivity contribution < 1.29 is 0 Å². The monoisotopic (exact) mass is 414 g/mol. The fourth-order valence-corrected chi connectivity index (χ4v) is 7.49. The molecular weight excluding hydrogens is 391 g/mol. The van der Waals surface area contributed by atoms with Gasteiger partial charge in [-0.05, 0) is 0 Å². The van der Waals surface area contributed by atoms with Gasteiger partial charge in [0.25, 0.3) is 0 Å². The molecule has 0 spiro atoms. The Kier molecular flexibility index (Phi) is 4.39. The van der Waals surface area contributed by atoms with Gasteiger partial charge in [0, 0.05) is 0 Å². The Labute approximate surface area is 146 Å². The second kappa shape index (κ2) is 6.64. The molecule has 118 valence electrons. The number of benzene rings is 2. The molecule has 4 rings (SSSR count). The van der Waals surface area contributed by atoms with Crippen LogP contribution in [0.25, 0.3) is 17.7 Å². The first kappa shape index (κ1) is 15.2. The standard InChI is InChI=1S/C22H23I/c1-23-15-6-9-19(14-16-23)22-20-10-4-2-7-17(20)12-13-18-8-3-5-11-21(18)22/h2-5,7-8,10-13H,6,9,14-16H2,1H3. The molecule has 0 amide bonds. The normalized spacial score (nSPS) is 18.9. The molecule has 2 aromatic carbocycles. The molecule has 23 heavy (non-hydrogen) atoms. The average molecular weight is 414 g/mol. The molecule has 0 radical (unpaired) electrons. The van der Waals surface area contributed by atoms with Crippen LogP contribution < -0.4 is 0 Å². The Morgan fingerprint density at radius 3 is 2.00 bits per heavy atom. The topological polar surface area (TPSA) is 0 Å². The molecular formula is C22H23I. The van der Waals surface area contributed by atoms with Gasteiger partial charge in [-0.1, -0.05) is 0 Å². The Morgan fingerprint density at radius 2 is 1.35 bits per heavy atom. The van der Waals surface area contributed by atoms with Crippen molar-refractivity contribution >= 4 is 37.5 Å². The summed E-state index contributed by atoms with van der Waals surface area (Å²) in [7, 11) is 0. The molecule has 0 nitrogen and oxygen atoms in total. The number of alkyl halides is 3. The van der Waals surface area contributed by atoms with Crippen LogP contribution in [-0.4, -0.2) is 13.8 Å². The van der Waals surface area contributed by atoms with E-state index < -0.39 is 19.8 Å². The fourth-order valence-electron chi connectivity index (χ4n) is 3.70. The molecule has 0 saturated carbocycles. The third-order valence-corrected chi connectivity index (χ3v) is 9.90. The van der Waals surface area contributed by atoms with Crippen molar-refractivity contribution in [2.24, 2.45) is 0 Å². The number of hydrogen-bond acceptors (Lipinski definition) is 0. The van der Waals surface area contributed by atoms with Crippen molar-refractivity contribution in [1.29, 1.82) is 0 Å². The van der Waals surface area contributed by atoms with Crippen LogP contribution in [-0.2, 0) is 0 Å². The Balaban J connectivity index is 1.95. The van der Waals surface area contributed by atoms with Crippen LogP contribution in [0.5, 0.6) is 0 Å². The van der Waals surface area contributed by atoms with E-state index in [4.69, 9.17) is 0 Å². The second-order valence-electron chi connectivity index (χ2n) is 6.44. The Hall–Kier alpha value is -1.35. The van der Waals surface area contributed by atoms with Gasteiger partial charge in [-0.2, -0.15) is 0 Å². The molecule has 0 aromatic heterocycles. The molecule has 2 aliphatic rings. The van der Waals surface area contributed by atoms with E-state index in [-0.39, 0.29) is 0 Å². The first-order chi connectivity index (χ1) is 11.3. The maximum atomic E-state index is 2.56. The van der Waals surface area contributed by atoms with Crippen molar-refractivity contribution in [2.45, 2.75) is 19.3 Å². The number of halogens is 1. The van der Waals surface area contributed by atoms with Gasteiger partial charge in [0.15, 0.2) is 0 Å². The molecule has 1 saturated heterocycles. The van der Waals surface area contributed by atoms with Crippen LogP contribution >= 0.6 is 19.8 Å². The first-order valence-corrected chi connectivity index (χ1v) is 13.6. The quantitative estimate of drug-likeness (QED) is 0.300. The van der Waals surface area contributed by atoms with E-state index in [0.717, 1.165) is 0 Å². The van der Waals surface area contributed by atoms with Crippen LogP contribution in [0.3, 0.4) is 0 Å². The first-order valence-electron chi connectivity index (χ1n) is 8.43. The van der Waals surface area contributed by atoms with E-state index in [0.29, 0.717) is 0 Å². The minimum absolute atomic E-state index is 0.636. The van der Waals surface area contributed by atoms with E-state index in [1.54, 1.807) is 5.57 Å². The predicted molar refractivity (Wildman–Crippen MR) is 111 cm³/mol. The van der Waals surface area contributed by atoms with Crippen molar-refractivity contribution in [3.05, 3.63) is 76.4 Å². The molecule has 0 bridgehead atoms. The summed E-state index contributed by atoms with van der Waals surface area (Å²) in [5.74, 6) is 0. The van der Waals surface area contributed by atoms with Crippen LogP contribution in [0.2, 0.25) is 0 Å². The van der Waals surface area contributed by atoms with Gasteiger partial charge < -0.3 is 0 Å². The van der Waals surface area contributed by atoms with Crippen LogP contribution in [0.1, 0.15) is 41.5 Å². The van der Waals surface area contributed by atoms with Gasteiger partial charge in [0.05, 0.1) is 0 Å². The van der Waals surface area contributed by atoms with Gasteiger partial charge >= 0.3 is 147 Å². The molecule has 2 aromatic rings. The molecule has 1 heteroatoms. The summed E-state index contributed by atoms with van der Waals surface area (Å²) in [6.45, 7) is 0. The Bertz CT molecular complexity index is 731. The minimum atomic E-state index is -0.636. The molecule has 1 aliphatic heterocycles. The Morgan fingerprint density at radius 1 is 0.739 bits per heavy atom.